The summed E-state index contributed by atoms with van der Waals surface area (Å²) in [6.07, 6.45) is 8.33. The Morgan fingerprint density at radius 1 is 1.27 bits per heavy atom. The van der Waals surface area contributed by atoms with Gasteiger partial charge in [-0.05, 0) is 76.7 Å². The van der Waals surface area contributed by atoms with E-state index in [0.29, 0.717) is 22.9 Å². The van der Waals surface area contributed by atoms with Crippen LogP contribution in [0.15, 0.2) is 35.9 Å². The van der Waals surface area contributed by atoms with Gasteiger partial charge in [-0.2, -0.15) is 0 Å². The number of aliphatic hydroxyl groups excluding tert-OH is 1. The zero-order chi connectivity index (χ0) is 18.7. The molecule has 26 heavy (non-hydrogen) atoms. The van der Waals surface area contributed by atoms with Gasteiger partial charge in [-0.1, -0.05) is 41.8 Å². The number of hydrogen-bond donors (Lipinski definition) is 1. The molecule has 0 unspecified atom stereocenters. The standard InChI is InChI=1S/C22H30ClNO2/c1-24(2)10-5-3-4-7-15-11-17-14-20(25)21(19(17)12-15)22(26)16-8-6-9-18(23)13-16/h6,8-9,11,13,17,19-21,25H,3-5,7,10,12,14H2,1-2H3/t17-,19-,20+,21+/m0/s1. The molecule has 0 radical (unpaired) electrons. The fourth-order valence-electron chi connectivity index (χ4n) is 4.64. The third-order valence-electron chi connectivity index (χ3n) is 5.90. The molecule has 4 atom stereocenters. The monoisotopic (exact) mass is 375 g/mol. The van der Waals surface area contributed by atoms with Crippen molar-refractivity contribution in [3.8, 4) is 0 Å². The first-order valence-corrected chi connectivity index (χ1v) is 10.2. The fourth-order valence-corrected chi connectivity index (χ4v) is 4.83. The Morgan fingerprint density at radius 2 is 2.08 bits per heavy atom. The van der Waals surface area contributed by atoms with Crippen LogP contribution in [0.25, 0.3) is 0 Å². The Kier molecular flexibility index (Phi) is 6.55. The van der Waals surface area contributed by atoms with E-state index < -0.39 is 6.10 Å². The smallest absolute Gasteiger partial charge is 0.168 e. The normalized spacial score (nSPS) is 27.7. The van der Waals surface area contributed by atoms with Gasteiger partial charge in [0.2, 0.25) is 0 Å². The molecule has 2 aliphatic rings. The van der Waals surface area contributed by atoms with Gasteiger partial charge < -0.3 is 10.0 Å². The SMILES string of the molecule is CN(C)CCCCCC1=C[C@H]2C[C@@H](O)[C@H](C(=O)c3cccc(Cl)c3)[C@H]2C1. The Balaban J connectivity index is 1.57. The average molecular weight is 376 g/mol. The molecule has 0 bridgehead atoms. The number of ketones is 1. The summed E-state index contributed by atoms with van der Waals surface area (Å²) in [5, 5.41) is 11.1. The largest absolute Gasteiger partial charge is 0.392 e. The summed E-state index contributed by atoms with van der Waals surface area (Å²) >= 11 is 6.04. The molecule has 1 saturated carbocycles. The molecule has 142 valence electrons. The maximum atomic E-state index is 13.0. The molecule has 0 saturated heterocycles. The second-order valence-corrected chi connectivity index (χ2v) is 8.61. The number of benzene rings is 1. The molecule has 1 N–H and O–H groups in total. The van der Waals surface area contributed by atoms with Crippen LogP contribution in [0, 0.1) is 17.8 Å². The van der Waals surface area contributed by atoms with Gasteiger partial charge in [0.15, 0.2) is 5.78 Å². The number of allylic oxidation sites excluding steroid dienone is 2. The van der Waals surface area contributed by atoms with E-state index in [1.54, 1.807) is 18.2 Å². The van der Waals surface area contributed by atoms with E-state index in [2.05, 4.69) is 25.1 Å². The van der Waals surface area contributed by atoms with Gasteiger partial charge in [-0.15, -0.1) is 0 Å². The Hall–Kier alpha value is -1.16. The lowest BCUT2D eigenvalue weighted by Crippen LogP contribution is -2.28. The van der Waals surface area contributed by atoms with Crippen molar-refractivity contribution in [3.63, 3.8) is 0 Å². The highest BCUT2D eigenvalue weighted by Gasteiger charge is 2.47. The van der Waals surface area contributed by atoms with Gasteiger partial charge in [0.05, 0.1) is 12.0 Å². The van der Waals surface area contributed by atoms with Crippen molar-refractivity contribution in [3.05, 3.63) is 46.5 Å². The molecule has 1 fully saturated rings. The molecule has 0 aliphatic heterocycles. The molecule has 0 amide bonds. The van der Waals surface area contributed by atoms with Gasteiger partial charge in [0, 0.05) is 10.6 Å². The van der Waals surface area contributed by atoms with Gasteiger partial charge in [0.25, 0.3) is 0 Å². The molecule has 4 heteroatoms. The maximum Gasteiger partial charge on any atom is 0.168 e. The summed E-state index contributed by atoms with van der Waals surface area (Å²) < 4.78 is 0. The molecule has 0 heterocycles. The maximum absolute atomic E-state index is 13.0. The van der Waals surface area contributed by atoms with Crippen molar-refractivity contribution in [2.45, 2.75) is 44.6 Å². The Labute approximate surface area is 162 Å². The number of Topliss-reactive ketones (excluding diaryl/α,β-unsaturated/α-hetero) is 1. The summed E-state index contributed by atoms with van der Waals surface area (Å²) in [6.45, 7) is 1.15. The molecule has 0 spiro atoms. The molecular formula is C22H30ClNO2. The van der Waals surface area contributed by atoms with Crippen molar-refractivity contribution < 1.29 is 9.90 Å². The average Bonchev–Trinajstić information content (AvgIpc) is 3.09. The van der Waals surface area contributed by atoms with Crippen LogP contribution in [0.2, 0.25) is 5.02 Å². The van der Waals surface area contributed by atoms with Crippen LogP contribution < -0.4 is 0 Å². The molecule has 1 aromatic rings. The number of carbonyl (C=O) groups is 1. The highest BCUT2D eigenvalue weighted by Crippen LogP contribution is 2.48. The van der Waals surface area contributed by atoms with E-state index >= 15 is 0 Å². The van der Waals surface area contributed by atoms with Gasteiger partial charge in [0.1, 0.15) is 0 Å². The van der Waals surface area contributed by atoms with Crippen molar-refractivity contribution >= 4 is 17.4 Å². The van der Waals surface area contributed by atoms with Crippen LogP contribution in [0.3, 0.4) is 0 Å². The molecular weight excluding hydrogens is 346 g/mol. The van der Waals surface area contributed by atoms with Gasteiger partial charge >= 0.3 is 0 Å². The van der Waals surface area contributed by atoms with Crippen LogP contribution in [0.5, 0.6) is 0 Å². The lowest BCUT2D eigenvalue weighted by molar-refractivity contribution is 0.0696. The Morgan fingerprint density at radius 3 is 2.81 bits per heavy atom. The van der Waals surface area contributed by atoms with Crippen molar-refractivity contribution in [2.24, 2.45) is 17.8 Å². The lowest BCUT2D eigenvalue weighted by atomic mass is 9.84. The van der Waals surface area contributed by atoms with Crippen molar-refractivity contribution in [1.29, 1.82) is 0 Å². The van der Waals surface area contributed by atoms with E-state index in [4.69, 9.17) is 11.6 Å². The number of nitrogens with zero attached hydrogens (tertiary/aromatic N) is 1. The minimum absolute atomic E-state index is 0.0492. The first-order chi connectivity index (χ1) is 12.5. The zero-order valence-corrected chi connectivity index (χ0v) is 16.6. The topological polar surface area (TPSA) is 40.5 Å². The second-order valence-electron chi connectivity index (χ2n) is 8.17. The minimum Gasteiger partial charge on any atom is -0.392 e. The summed E-state index contributed by atoms with van der Waals surface area (Å²) in [7, 11) is 4.23. The first kappa shape index (κ1) is 19.6. The molecule has 3 nitrogen and oxygen atoms in total. The van der Waals surface area contributed by atoms with Gasteiger partial charge in [-0.3, -0.25) is 4.79 Å². The predicted octanol–water partition coefficient (Wildman–Crippen LogP) is 4.59. The summed E-state index contributed by atoms with van der Waals surface area (Å²) in [4.78, 5) is 15.2. The lowest BCUT2D eigenvalue weighted by Gasteiger charge is -2.21. The minimum atomic E-state index is -0.533. The number of fused-ring (bicyclic) bond motifs is 1. The molecule has 2 aliphatic carbocycles. The summed E-state index contributed by atoms with van der Waals surface area (Å²) in [6, 6.07) is 7.11. The van der Waals surface area contributed by atoms with E-state index in [9.17, 15) is 9.90 Å². The van der Waals surface area contributed by atoms with Crippen LogP contribution in [0.4, 0.5) is 0 Å². The van der Waals surface area contributed by atoms with E-state index in [0.717, 1.165) is 19.4 Å². The molecule has 3 rings (SSSR count). The Bertz CT molecular complexity index is 670. The number of unbranched alkanes of at least 4 members (excludes halogenated alkanes) is 2. The predicted molar refractivity (Wildman–Crippen MR) is 107 cm³/mol. The van der Waals surface area contributed by atoms with Crippen LogP contribution in [0.1, 0.15) is 48.9 Å². The number of hydrogen-bond acceptors (Lipinski definition) is 3. The first-order valence-electron chi connectivity index (χ1n) is 9.78. The number of rotatable bonds is 8. The number of aliphatic hydroxyl groups is 1. The third-order valence-corrected chi connectivity index (χ3v) is 6.14. The summed E-state index contributed by atoms with van der Waals surface area (Å²) in [5.41, 5.74) is 2.11. The van der Waals surface area contributed by atoms with E-state index in [1.165, 1.54) is 24.8 Å². The zero-order valence-electron chi connectivity index (χ0n) is 15.8. The second kappa shape index (κ2) is 8.69. The van der Waals surface area contributed by atoms with Crippen molar-refractivity contribution in [1.82, 2.24) is 4.90 Å². The molecule has 1 aromatic carbocycles. The summed E-state index contributed by atoms with van der Waals surface area (Å²) in [5.74, 6) is 0.372. The van der Waals surface area contributed by atoms with Crippen molar-refractivity contribution in [2.75, 3.05) is 20.6 Å². The van der Waals surface area contributed by atoms with Crippen LogP contribution >= 0.6 is 11.6 Å². The van der Waals surface area contributed by atoms with E-state index in [1.807, 2.05) is 6.07 Å². The third kappa shape index (κ3) is 4.57. The number of carbonyl (C=O) groups excluding carboxylic acids is 1. The fraction of sp³-hybridized carbons (Fsp3) is 0.591. The molecule has 0 aromatic heterocycles. The number of halogens is 1. The van der Waals surface area contributed by atoms with E-state index in [-0.39, 0.29) is 17.6 Å². The van der Waals surface area contributed by atoms with Crippen LogP contribution in [-0.4, -0.2) is 42.5 Å². The van der Waals surface area contributed by atoms with Gasteiger partial charge in [-0.25, -0.2) is 0 Å². The highest BCUT2D eigenvalue weighted by atomic mass is 35.5. The quantitative estimate of drug-likeness (QED) is 0.410. The van der Waals surface area contributed by atoms with Crippen LogP contribution in [-0.2, 0) is 0 Å². The highest BCUT2D eigenvalue weighted by molar-refractivity contribution is 6.31.